The molecule has 0 atom stereocenters. The van der Waals surface area contributed by atoms with Crippen molar-refractivity contribution in [3.63, 3.8) is 0 Å². The van der Waals surface area contributed by atoms with Crippen molar-refractivity contribution in [2.45, 2.75) is 57.9 Å². The van der Waals surface area contributed by atoms with Crippen LogP contribution in [0.1, 0.15) is 51.9 Å². The molecule has 1 aliphatic heterocycles. The van der Waals surface area contributed by atoms with Gasteiger partial charge in [0.25, 0.3) is 0 Å². The second-order valence-corrected chi connectivity index (χ2v) is 9.12. The predicted octanol–water partition coefficient (Wildman–Crippen LogP) is 4.44. The van der Waals surface area contributed by atoms with Crippen molar-refractivity contribution < 1.29 is 14.2 Å². The van der Waals surface area contributed by atoms with E-state index in [0.717, 1.165) is 75.2 Å². The molecule has 0 radical (unpaired) electrons. The number of hydrogen-bond acceptors (Lipinski definition) is 5. The number of nitrogens with one attached hydrogen (secondary N) is 2. The third-order valence-electron chi connectivity index (χ3n) is 6.95. The number of methoxy groups -OCH3 is 3. The Labute approximate surface area is 217 Å². The predicted molar refractivity (Wildman–Crippen MR) is 147 cm³/mol. The molecule has 7 nitrogen and oxygen atoms in total. The van der Waals surface area contributed by atoms with Crippen LogP contribution in [0.4, 0.5) is 5.69 Å². The number of piperidine rings is 1. The first-order chi connectivity index (χ1) is 15.6. The first-order valence-corrected chi connectivity index (χ1v) is 12.1. The summed E-state index contributed by atoms with van der Waals surface area (Å²) in [5.41, 5.74) is 1.47. The van der Waals surface area contributed by atoms with Crippen LogP contribution in [0.3, 0.4) is 0 Å². The minimum atomic E-state index is 0. The molecule has 1 aliphatic carbocycles. The molecule has 2 N–H and O–H groups in total. The van der Waals surface area contributed by atoms with E-state index in [9.17, 15) is 0 Å². The van der Waals surface area contributed by atoms with E-state index in [1.54, 1.807) is 21.3 Å². The minimum Gasteiger partial charge on any atom is -0.497 e. The van der Waals surface area contributed by atoms with Crippen LogP contribution in [0.25, 0.3) is 0 Å². The van der Waals surface area contributed by atoms with Gasteiger partial charge in [-0.1, -0.05) is 12.8 Å². The van der Waals surface area contributed by atoms with Crippen LogP contribution in [0.5, 0.6) is 11.5 Å². The molecule has 0 bridgehead atoms. The zero-order chi connectivity index (χ0) is 22.8. The Morgan fingerprint density at radius 3 is 2.24 bits per heavy atom. The molecule has 2 fully saturated rings. The van der Waals surface area contributed by atoms with Crippen LogP contribution < -0.4 is 25.0 Å². The van der Waals surface area contributed by atoms with Gasteiger partial charge in [0.15, 0.2) is 5.96 Å². The molecule has 1 heterocycles. The SMILES string of the molecule is CCNC(=NCC1(CCOC)CCCC1)NC1CCN(c2cc(OC)cc(OC)c2)CC1.I. The summed E-state index contributed by atoms with van der Waals surface area (Å²) in [4.78, 5) is 7.44. The molecule has 0 spiro atoms. The summed E-state index contributed by atoms with van der Waals surface area (Å²) >= 11 is 0. The van der Waals surface area contributed by atoms with Gasteiger partial charge in [-0.2, -0.15) is 0 Å². The molecule has 1 aromatic carbocycles. The van der Waals surface area contributed by atoms with Gasteiger partial charge < -0.3 is 29.7 Å². The zero-order valence-corrected chi connectivity index (χ0v) is 23.2. The highest BCUT2D eigenvalue weighted by Crippen LogP contribution is 2.41. The molecule has 3 rings (SSSR count). The maximum atomic E-state index is 5.44. The summed E-state index contributed by atoms with van der Waals surface area (Å²) in [6.45, 7) is 6.70. The first kappa shape index (κ1) is 27.8. The third kappa shape index (κ3) is 8.09. The number of rotatable bonds is 10. The van der Waals surface area contributed by atoms with Crippen molar-refractivity contribution in [1.82, 2.24) is 10.6 Å². The smallest absolute Gasteiger partial charge is 0.191 e. The maximum Gasteiger partial charge on any atom is 0.191 e. The molecular formula is C25H43IN4O3. The average molecular weight is 575 g/mol. The van der Waals surface area contributed by atoms with E-state index in [0.29, 0.717) is 11.5 Å². The van der Waals surface area contributed by atoms with E-state index in [-0.39, 0.29) is 24.0 Å². The summed E-state index contributed by atoms with van der Waals surface area (Å²) in [6.07, 6.45) is 8.41. The van der Waals surface area contributed by atoms with Crippen LogP contribution in [0, 0.1) is 5.41 Å². The lowest BCUT2D eigenvalue weighted by atomic mass is 9.83. The van der Waals surface area contributed by atoms with Crippen molar-refractivity contribution in [2.75, 3.05) is 59.0 Å². The Bertz CT molecular complexity index is 710. The van der Waals surface area contributed by atoms with Crippen molar-refractivity contribution in [1.29, 1.82) is 0 Å². The summed E-state index contributed by atoms with van der Waals surface area (Å²) in [5, 5.41) is 7.16. The number of halogens is 1. The number of benzene rings is 1. The van der Waals surface area contributed by atoms with Crippen LogP contribution in [-0.2, 0) is 4.74 Å². The van der Waals surface area contributed by atoms with Crippen LogP contribution in [-0.4, -0.2) is 66.1 Å². The van der Waals surface area contributed by atoms with Crippen LogP contribution >= 0.6 is 24.0 Å². The fourth-order valence-corrected chi connectivity index (χ4v) is 4.95. The van der Waals surface area contributed by atoms with E-state index in [2.05, 4.69) is 34.6 Å². The molecule has 8 heteroatoms. The molecule has 1 saturated heterocycles. The Morgan fingerprint density at radius 2 is 1.70 bits per heavy atom. The van der Waals surface area contributed by atoms with Crippen molar-refractivity contribution in [3.05, 3.63) is 18.2 Å². The monoisotopic (exact) mass is 574 g/mol. The Balaban J connectivity index is 0.00000385. The number of ether oxygens (including phenoxy) is 3. The van der Waals surface area contributed by atoms with Gasteiger partial charge in [0.2, 0.25) is 0 Å². The minimum absolute atomic E-state index is 0. The average Bonchev–Trinajstić information content (AvgIpc) is 3.30. The highest BCUT2D eigenvalue weighted by atomic mass is 127. The van der Waals surface area contributed by atoms with Crippen LogP contribution in [0.2, 0.25) is 0 Å². The Kier molecular flexibility index (Phi) is 11.9. The van der Waals surface area contributed by atoms with Gasteiger partial charge in [-0.15, -0.1) is 24.0 Å². The highest BCUT2D eigenvalue weighted by Gasteiger charge is 2.33. The third-order valence-corrected chi connectivity index (χ3v) is 6.95. The fourth-order valence-electron chi connectivity index (χ4n) is 4.95. The second kappa shape index (κ2) is 14.1. The summed E-state index contributed by atoms with van der Waals surface area (Å²) < 4.78 is 16.3. The number of nitrogens with zero attached hydrogens (tertiary/aromatic N) is 2. The molecule has 33 heavy (non-hydrogen) atoms. The van der Waals surface area contributed by atoms with Gasteiger partial charge in [0.1, 0.15) is 11.5 Å². The molecule has 188 valence electrons. The molecule has 0 aromatic heterocycles. The molecule has 0 amide bonds. The van der Waals surface area contributed by atoms with Crippen molar-refractivity contribution >= 4 is 35.6 Å². The van der Waals surface area contributed by atoms with Crippen molar-refractivity contribution in [3.8, 4) is 11.5 Å². The van der Waals surface area contributed by atoms with E-state index in [4.69, 9.17) is 19.2 Å². The van der Waals surface area contributed by atoms with E-state index >= 15 is 0 Å². The number of anilines is 1. The lowest BCUT2D eigenvalue weighted by Gasteiger charge is -2.35. The van der Waals surface area contributed by atoms with Crippen LogP contribution in [0.15, 0.2) is 23.2 Å². The lowest BCUT2D eigenvalue weighted by molar-refractivity contribution is 0.141. The van der Waals surface area contributed by atoms with E-state index < -0.39 is 0 Å². The Hall–Kier alpha value is -1.42. The van der Waals surface area contributed by atoms with E-state index in [1.165, 1.54) is 25.7 Å². The molecule has 0 unspecified atom stereocenters. The standard InChI is InChI=1S/C25H42N4O3.HI/c1-5-26-24(27-19-25(12-15-30-2)10-6-7-11-25)28-20-8-13-29(14-9-20)21-16-22(31-3)18-23(17-21)32-4;/h16-18,20H,5-15,19H2,1-4H3,(H2,26,27,28);1H. The first-order valence-electron chi connectivity index (χ1n) is 12.1. The second-order valence-electron chi connectivity index (χ2n) is 9.12. The topological polar surface area (TPSA) is 67.4 Å². The molecule has 1 saturated carbocycles. The van der Waals surface area contributed by atoms with Gasteiger partial charge in [-0.3, -0.25) is 4.99 Å². The zero-order valence-electron chi connectivity index (χ0n) is 20.8. The highest BCUT2D eigenvalue weighted by molar-refractivity contribution is 14.0. The summed E-state index contributed by atoms with van der Waals surface area (Å²) in [7, 11) is 5.19. The number of guanidine groups is 1. The normalized spacial score (nSPS) is 18.5. The largest absolute Gasteiger partial charge is 0.497 e. The quantitative estimate of drug-likeness (QED) is 0.245. The maximum absolute atomic E-state index is 5.44. The number of aliphatic imine (C=N–C) groups is 1. The van der Waals surface area contributed by atoms with Gasteiger partial charge in [0.05, 0.1) is 14.2 Å². The molecule has 2 aliphatic rings. The van der Waals surface area contributed by atoms with Gasteiger partial charge in [0, 0.05) is 69.8 Å². The summed E-state index contributed by atoms with van der Waals surface area (Å²) in [6, 6.07) is 6.52. The number of hydrogen-bond donors (Lipinski definition) is 2. The summed E-state index contributed by atoms with van der Waals surface area (Å²) in [5.74, 6) is 2.61. The van der Waals surface area contributed by atoms with Gasteiger partial charge in [-0.05, 0) is 44.4 Å². The molecular weight excluding hydrogens is 531 g/mol. The fraction of sp³-hybridized carbons (Fsp3) is 0.720. The van der Waals surface area contributed by atoms with Crippen molar-refractivity contribution in [2.24, 2.45) is 10.4 Å². The van der Waals surface area contributed by atoms with Gasteiger partial charge >= 0.3 is 0 Å². The Morgan fingerprint density at radius 1 is 1.06 bits per heavy atom. The lowest BCUT2D eigenvalue weighted by Crippen LogP contribution is -2.49. The molecule has 1 aromatic rings. The van der Waals surface area contributed by atoms with E-state index in [1.807, 2.05) is 6.07 Å². The van der Waals surface area contributed by atoms with Gasteiger partial charge in [-0.25, -0.2) is 0 Å².